The lowest BCUT2D eigenvalue weighted by Crippen LogP contribution is -2.40. The highest BCUT2D eigenvalue weighted by Gasteiger charge is 2.29. The Kier molecular flexibility index (Phi) is 8.09. The number of ether oxygens (including phenoxy) is 1. The number of carbonyl (C=O) groups excluding carboxylic acids is 2. The molecular weight excluding hydrogens is 420 g/mol. The van der Waals surface area contributed by atoms with Crippen molar-refractivity contribution in [2.45, 2.75) is 58.0 Å². The average Bonchev–Trinajstić information content (AvgIpc) is 3.09. The first kappa shape index (κ1) is 24.3. The Morgan fingerprint density at radius 1 is 1.00 bits per heavy atom. The molecule has 176 valence electrons. The predicted molar refractivity (Wildman–Crippen MR) is 126 cm³/mol. The lowest BCUT2D eigenvalue weighted by atomic mass is 9.98. The summed E-state index contributed by atoms with van der Waals surface area (Å²) in [6.07, 6.45) is 0.897. The average molecular weight is 453 g/mol. The molecule has 2 aromatic carbocycles. The molecule has 0 aromatic heterocycles. The van der Waals surface area contributed by atoms with Gasteiger partial charge >= 0.3 is 12.1 Å². The standard InChI is InChI=1S/C26H32N2O5/c1-17(2)28(15-25(30)31)24(29)14-8-9-18(3)27-26(32)33-16-23-21-12-6-4-10-19(21)20-11-5-7-13-22(20)23/h4-7,10-13,17-18,23H,8-9,14-16H2,1-3H3,(H,27,32)(H,30,31). The van der Waals surface area contributed by atoms with Crippen LogP contribution in [0.5, 0.6) is 0 Å². The molecule has 0 radical (unpaired) electrons. The summed E-state index contributed by atoms with van der Waals surface area (Å²) in [5, 5.41) is 11.8. The Morgan fingerprint density at radius 2 is 1.58 bits per heavy atom. The van der Waals surface area contributed by atoms with Gasteiger partial charge in [0, 0.05) is 24.4 Å². The summed E-state index contributed by atoms with van der Waals surface area (Å²) in [7, 11) is 0. The molecule has 0 saturated carbocycles. The minimum absolute atomic E-state index is 0.00679. The molecular formula is C26H32N2O5. The van der Waals surface area contributed by atoms with Crippen molar-refractivity contribution in [3.63, 3.8) is 0 Å². The second kappa shape index (κ2) is 11.0. The molecule has 0 aliphatic heterocycles. The number of hydrogen-bond acceptors (Lipinski definition) is 4. The Hall–Kier alpha value is -3.35. The molecule has 3 rings (SSSR count). The summed E-state index contributed by atoms with van der Waals surface area (Å²) in [5.74, 6) is -1.21. The molecule has 2 amide bonds. The quantitative estimate of drug-likeness (QED) is 0.557. The highest BCUT2D eigenvalue weighted by Crippen LogP contribution is 2.44. The van der Waals surface area contributed by atoms with E-state index in [2.05, 4.69) is 29.6 Å². The maximum atomic E-state index is 12.4. The maximum Gasteiger partial charge on any atom is 0.407 e. The number of nitrogens with one attached hydrogen (secondary N) is 1. The van der Waals surface area contributed by atoms with Crippen LogP contribution >= 0.6 is 0 Å². The van der Waals surface area contributed by atoms with Gasteiger partial charge in [0.05, 0.1) is 0 Å². The monoisotopic (exact) mass is 452 g/mol. The van der Waals surface area contributed by atoms with Crippen molar-refractivity contribution >= 4 is 18.0 Å². The highest BCUT2D eigenvalue weighted by atomic mass is 16.5. The third kappa shape index (κ3) is 6.12. The van der Waals surface area contributed by atoms with Gasteiger partial charge in [-0.2, -0.15) is 0 Å². The van der Waals surface area contributed by atoms with Crippen molar-refractivity contribution in [2.24, 2.45) is 0 Å². The number of carboxylic acid groups (broad SMARTS) is 1. The number of carboxylic acids is 1. The zero-order valence-electron chi connectivity index (χ0n) is 19.4. The van der Waals surface area contributed by atoms with E-state index in [1.54, 1.807) is 13.8 Å². The molecule has 0 bridgehead atoms. The number of alkyl carbamates (subject to hydrolysis) is 1. The minimum atomic E-state index is -1.03. The summed E-state index contributed by atoms with van der Waals surface area (Å²) >= 11 is 0. The highest BCUT2D eigenvalue weighted by molar-refractivity contribution is 5.81. The first-order chi connectivity index (χ1) is 15.8. The smallest absolute Gasteiger partial charge is 0.407 e. The molecule has 7 heteroatoms. The van der Waals surface area contributed by atoms with Crippen LogP contribution in [-0.2, 0) is 14.3 Å². The normalized spacial score (nSPS) is 13.2. The van der Waals surface area contributed by atoms with Crippen LogP contribution in [0.25, 0.3) is 11.1 Å². The summed E-state index contributed by atoms with van der Waals surface area (Å²) < 4.78 is 5.56. The van der Waals surface area contributed by atoms with Gasteiger partial charge in [-0.15, -0.1) is 0 Å². The van der Waals surface area contributed by atoms with E-state index in [0.29, 0.717) is 12.8 Å². The minimum Gasteiger partial charge on any atom is -0.480 e. The number of hydrogen-bond donors (Lipinski definition) is 2. The maximum absolute atomic E-state index is 12.4. The first-order valence-electron chi connectivity index (χ1n) is 11.4. The molecule has 33 heavy (non-hydrogen) atoms. The van der Waals surface area contributed by atoms with E-state index in [1.165, 1.54) is 16.0 Å². The number of rotatable bonds is 10. The summed E-state index contributed by atoms with van der Waals surface area (Å²) in [6.45, 7) is 5.40. The van der Waals surface area contributed by atoms with Crippen LogP contribution in [0.2, 0.25) is 0 Å². The van der Waals surface area contributed by atoms with E-state index >= 15 is 0 Å². The molecule has 1 aliphatic carbocycles. The lowest BCUT2D eigenvalue weighted by molar-refractivity contribution is -0.145. The van der Waals surface area contributed by atoms with Gasteiger partial charge in [-0.25, -0.2) is 4.79 Å². The van der Waals surface area contributed by atoms with E-state index in [1.807, 2.05) is 31.2 Å². The number of amides is 2. The second-order valence-corrected chi connectivity index (χ2v) is 8.77. The third-order valence-corrected chi connectivity index (χ3v) is 5.99. The summed E-state index contributed by atoms with van der Waals surface area (Å²) in [4.78, 5) is 37.0. The topological polar surface area (TPSA) is 95.9 Å². The summed E-state index contributed by atoms with van der Waals surface area (Å²) in [6, 6.07) is 16.0. The van der Waals surface area contributed by atoms with E-state index < -0.39 is 12.1 Å². The zero-order valence-corrected chi connectivity index (χ0v) is 19.4. The molecule has 1 atom stereocenters. The number of fused-ring (bicyclic) bond motifs is 3. The number of benzene rings is 2. The Bertz CT molecular complexity index is 958. The van der Waals surface area contributed by atoms with Crippen LogP contribution in [0.4, 0.5) is 4.79 Å². The van der Waals surface area contributed by atoms with Gasteiger partial charge in [0.2, 0.25) is 5.91 Å². The molecule has 0 spiro atoms. The van der Waals surface area contributed by atoms with Crippen molar-refractivity contribution in [3.05, 3.63) is 59.7 Å². The Morgan fingerprint density at radius 3 is 2.12 bits per heavy atom. The number of carbonyl (C=O) groups is 3. The first-order valence-corrected chi connectivity index (χ1v) is 11.4. The largest absolute Gasteiger partial charge is 0.480 e. The van der Waals surface area contributed by atoms with Crippen LogP contribution in [0.1, 0.15) is 57.1 Å². The van der Waals surface area contributed by atoms with Crippen LogP contribution in [0.15, 0.2) is 48.5 Å². The van der Waals surface area contributed by atoms with Gasteiger partial charge < -0.3 is 20.1 Å². The predicted octanol–water partition coefficient (Wildman–Crippen LogP) is 4.41. The van der Waals surface area contributed by atoms with E-state index in [4.69, 9.17) is 9.84 Å². The second-order valence-electron chi connectivity index (χ2n) is 8.77. The molecule has 1 aliphatic rings. The van der Waals surface area contributed by atoms with Crippen molar-refractivity contribution in [1.29, 1.82) is 0 Å². The van der Waals surface area contributed by atoms with E-state index in [-0.39, 0.29) is 43.5 Å². The Balaban J connectivity index is 1.46. The van der Waals surface area contributed by atoms with Gasteiger partial charge in [0.25, 0.3) is 0 Å². The fourth-order valence-corrected chi connectivity index (χ4v) is 4.32. The molecule has 0 saturated heterocycles. The molecule has 1 unspecified atom stereocenters. The van der Waals surface area contributed by atoms with Crippen LogP contribution in [0, 0.1) is 0 Å². The van der Waals surface area contributed by atoms with Gasteiger partial charge in [-0.05, 0) is 55.9 Å². The molecule has 0 fully saturated rings. The Labute approximate surface area is 194 Å². The van der Waals surface area contributed by atoms with Crippen LogP contribution in [0.3, 0.4) is 0 Å². The number of nitrogens with zero attached hydrogens (tertiary/aromatic N) is 1. The third-order valence-electron chi connectivity index (χ3n) is 5.99. The van der Waals surface area contributed by atoms with Crippen molar-refractivity contribution < 1.29 is 24.2 Å². The van der Waals surface area contributed by atoms with Crippen molar-refractivity contribution in [2.75, 3.05) is 13.2 Å². The number of aliphatic carboxylic acids is 1. The molecule has 7 nitrogen and oxygen atoms in total. The fraction of sp³-hybridized carbons (Fsp3) is 0.423. The van der Waals surface area contributed by atoms with Crippen molar-refractivity contribution in [3.8, 4) is 11.1 Å². The van der Waals surface area contributed by atoms with Gasteiger partial charge in [-0.3, -0.25) is 9.59 Å². The van der Waals surface area contributed by atoms with E-state index in [0.717, 1.165) is 11.1 Å². The molecule has 2 aromatic rings. The summed E-state index contributed by atoms with van der Waals surface area (Å²) in [5.41, 5.74) is 4.68. The fourth-order valence-electron chi connectivity index (χ4n) is 4.32. The van der Waals surface area contributed by atoms with Crippen LogP contribution < -0.4 is 5.32 Å². The van der Waals surface area contributed by atoms with E-state index in [9.17, 15) is 14.4 Å². The van der Waals surface area contributed by atoms with Gasteiger partial charge in [-0.1, -0.05) is 48.5 Å². The van der Waals surface area contributed by atoms with Gasteiger partial charge in [0.1, 0.15) is 13.2 Å². The molecule has 2 N–H and O–H groups in total. The molecule has 0 heterocycles. The van der Waals surface area contributed by atoms with Gasteiger partial charge in [0.15, 0.2) is 0 Å². The van der Waals surface area contributed by atoms with Crippen molar-refractivity contribution in [1.82, 2.24) is 10.2 Å². The lowest BCUT2D eigenvalue weighted by Gasteiger charge is -2.25. The zero-order chi connectivity index (χ0) is 24.0. The SMILES string of the molecule is CC(CCCC(=O)N(CC(=O)O)C(C)C)NC(=O)OCC1c2ccccc2-c2ccccc21. The van der Waals surface area contributed by atoms with Crippen LogP contribution in [-0.4, -0.2) is 53.2 Å².